The van der Waals surface area contributed by atoms with E-state index >= 15 is 0 Å². The van der Waals surface area contributed by atoms with Crippen molar-refractivity contribution in [3.8, 4) is 22.6 Å². The van der Waals surface area contributed by atoms with Gasteiger partial charge in [0, 0.05) is 5.56 Å². The first-order valence-corrected chi connectivity index (χ1v) is 4.64. The normalized spacial score (nSPS) is 13.1. The van der Waals surface area contributed by atoms with Gasteiger partial charge in [0.2, 0.25) is 12.5 Å². The SMILES string of the molecule is Nc1[nH]ncc1-c1cc(F)c2c(c1)OCO2. The van der Waals surface area contributed by atoms with E-state index in [0.717, 1.165) is 0 Å². The molecule has 1 aromatic carbocycles. The Morgan fingerprint density at radius 3 is 3.00 bits per heavy atom. The fourth-order valence-corrected chi connectivity index (χ4v) is 1.65. The predicted octanol–water partition coefficient (Wildman–Crippen LogP) is 1.53. The lowest BCUT2D eigenvalue weighted by Gasteiger charge is -2.02. The van der Waals surface area contributed by atoms with Crippen LogP contribution in [0, 0.1) is 5.82 Å². The van der Waals surface area contributed by atoms with Crippen LogP contribution in [-0.2, 0) is 0 Å². The van der Waals surface area contributed by atoms with Crippen LogP contribution in [0.15, 0.2) is 18.3 Å². The third kappa shape index (κ3) is 1.19. The lowest BCUT2D eigenvalue weighted by atomic mass is 10.1. The Balaban J connectivity index is 2.17. The van der Waals surface area contributed by atoms with Crippen molar-refractivity contribution in [3.63, 3.8) is 0 Å². The number of nitrogens with zero attached hydrogens (tertiary/aromatic N) is 1. The average Bonchev–Trinajstić information content (AvgIpc) is 2.85. The number of fused-ring (bicyclic) bond motifs is 1. The van der Waals surface area contributed by atoms with Crippen LogP contribution in [0.3, 0.4) is 0 Å². The zero-order valence-corrected chi connectivity index (χ0v) is 8.16. The number of hydrogen-bond acceptors (Lipinski definition) is 4. The summed E-state index contributed by atoms with van der Waals surface area (Å²) in [6, 6.07) is 3.02. The average molecular weight is 221 g/mol. The maximum Gasteiger partial charge on any atom is 0.231 e. The number of H-pyrrole nitrogens is 1. The number of anilines is 1. The molecule has 16 heavy (non-hydrogen) atoms. The summed E-state index contributed by atoms with van der Waals surface area (Å²) in [5, 5.41) is 6.36. The summed E-state index contributed by atoms with van der Waals surface area (Å²) in [6.07, 6.45) is 1.53. The Morgan fingerprint density at radius 2 is 2.25 bits per heavy atom. The van der Waals surface area contributed by atoms with E-state index in [0.29, 0.717) is 22.7 Å². The maximum atomic E-state index is 13.6. The topological polar surface area (TPSA) is 73.2 Å². The third-order valence-electron chi connectivity index (χ3n) is 2.41. The van der Waals surface area contributed by atoms with Crippen molar-refractivity contribution in [1.29, 1.82) is 0 Å². The largest absolute Gasteiger partial charge is 0.453 e. The molecule has 0 saturated carbocycles. The molecule has 5 nitrogen and oxygen atoms in total. The van der Waals surface area contributed by atoms with E-state index < -0.39 is 5.82 Å². The van der Waals surface area contributed by atoms with E-state index in [9.17, 15) is 4.39 Å². The van der Waals surface area contributed by atoms with Crippen LogP contribution in [0.2, 0.25) is 0 Å². The highest BCUT2D eigenvalue weighted by molar-refractivity contribution is 5.75. The molecule has 0 spiro atoms. The summed E-state index contributed by atoms with van der Waals surface area (Å²) in [4.78, 5) is 0. The van der Waals surface area contributed by atoms with E-state index in [1.54, 1.807) is 6.07 Å². The number of benzene rings is 1. The van der Waals surface area contributed by atoms with Gasteiger partial charge in [0.1, 0.15) is 5.82 Å². The van der Waals surface area contributed by atoms with Gasteiger partial charge in [0.05, 0.1) is 6.20 Å². The van der Waals surface area contributed by atoms with Gasteiger partial charge in [-0.1, -0.05) is 0 Å². The minimum atomic E-state index is -0.467. The summed E-state index contributed by atoms with van der Waals surface area (Å²) in [6.45, 7) is 0.0383. The number of hydrogen-bond donors (Lipinski definition) is 2. The Labute approximate surface area is 90.0 Å². The molecular formula is C10H8FN3O2. The highest BCUT2D eigenvalue weighted by Crippen LogP contribution is 2.39. The number of aromatic nitrogens is 2. The molecule has 0 fully saturated rings. The number of nitrogen functional groups attached to an aromatic ring is 1. The van der Waals surface area contributed by atoms with Crippen molar-refractivity contribution >= 4 is 5.82 Å². The van der Waals surface area contributed by atoms with Gasteiger partial charge in [-0.3, -0.25) is 5.10 Å². The second-order valence-electron chi connectivity index (χ2n) is 3.39. The van der Waals surface area contributed by atoms with Crippen molar-refractivity contribution in [1.82, 2.24) is 10.2 Å². The number of nitrogens with one attached hydrogen (secondary N) is 1. The van der Waals surface area contributed by atoms with E-state index in [1.165, 1.54) is 12.3 Å². The van der Waals surface area contributed by atoms with E-state index in [4.69, 9.17) is 15.2 Å². The molecule has 1 aliphatic rings. The number of halogens is 1. The standard InChI is InChI=1S/C10H8FN3O2/c11-7-1-5(6-3-13-14-10(6)12)2-8-9(7)16-4-15-8/h1-3H,4H2,(H3,12,13,14). The van der Waals surface area contributed by atoms with Crippen molar-refractivity contribution in [3.05, 3.63) is 24.1 Å². The number of ether oxygens (including phenoxy) is 2. The second kappa shape index (κ2) is 3.13. The molecule has 0 unspecified atom stereocenters. The molecule has 3 rings (SSSR count). The van der Waals surface area contributed by atoms with Crippen LogP contribution in [0.5, 0.6) is 11.5 Å². The molecule has 0 bridgehead atoms. The summed E-state index contributed by atoms with van der Waals surface area (Å²) >= 11 is 0. The van der Waals surface area contributed by atoms with Gasteiger partial charge in [-0.2, -0.15) is 5.10 Å². The van der Waals surface area contributed by atoms with Crippen LogP contribution in [0.25, 0.3) is 11.1 Å². The van der Waals surface area contributed by atoms with Crippen molar-refractivity contribution in [2.24, 2.45) is 0 Å². The summed E-state index contributed by atoms with van der Waals surface area (Å²) in [7, 11) is 0. The lowest BCUT2D eigenvalue weighted by Crippen LogP contribution is -1.93. The second-order valence-corrected chi connectivity index (χ2v) is 3.39. The molecule has 2 aromatic rings. The van der Waals surface area contributed by atoms with E-state index in [1.807, 2.05) is 0 Å². The monoisotopic (exact) mass is 221 g/mol. The summed E-state index contributed by atoms with van der Waals surface area (Å²) in [5.74, 6) is 0.449. The molecule has 82 valence electrons. The Bertz CT molecular complexity index is 553. The van der Waals surface area contributed by atoms with Crippen molar-refractivity contribution in [2.45, 2.75) is 0 Å². The number of rotatable bonds is 1. The molecule has 0 saturated heterocycles. The Morgan fingerprint density at radius 1 is 1.38 bits per heavy atom. The van der Waals surface area contributed by atoms with E-state index in [-0.39, 0.29) is 12.5 Å². The first-order valence-electron chi connectivity index (χ1n) is 4.64. The fraction of sp³-hybridized carbons (Fsp3) is 0.100. The van der Waals surface area contributed by atoms with Crippen LogP contribution in [0.4, 0.5) is 10.2 Å². The number of aromatic amines is 1. The molecule has 0 radical (unpaired) electrons. The Kier molecular flexibility index (Phi) is 1.76. The number of nitrogens with two attached hydrogens (primary N) is 1. The molecule has 1 aromatic heterocycles. The molecule has 1 aliphatic heterocycles. The Hall–Kier alpha value is -2.24. The molecule has 0 atom stereocenters. The smallest absolute Gasteiger partial charge is 0.231 e. The third-order valence-corrected chi connectivity index (χ3v) is 2.41. The minimum absolute atomic E-state index is 0.0383. The van der Waals surface area contributed by atoms with Crippen LogP contribution >= 0.6 is 0 Å². The van der Waals surface area contributed by atoms with Gasteiger partial charge < -0.3 is 15.2 Å². The van der Waals surface area contributed by atoms with Gasteiger partial charge in [-0.15, -0.1) is 0 Å². The minimum Gasteiger partial charge on any atom is -0.453 e. The molecule has 6 heteroatoms. The predicted molar refractivity (Wildman–Crippen MR) is 54.5 cm³/mol. The molecule has 3 N–H and O–H groups in total. The summed E-state index contributed by atoms with van der Waals surface area (Å²) < 4.78 is 23.7. The van der Waals surface area contributed by atoms with Crippen molar-refractivity contribution in [2.75, 3.05) is 12.5 Å². The van der Waals surface area contributed by atoms with Gasteiger partial charge in [-0.25, -0.2) is 4.39 Å². The van der Waals surface area contributed by atoms with Crippen LogP contribution in [0.1, 0.15) is 0 Å². The lowest BCUT2D eigenvalue weighted by molar-refractivity contribution is 0.171. The van der Waals surface area contributed by atoms with Crippen molar-refractivity contribution < 1.29 is 13.9 Å². The molecule has 0 aliphatic carbocycles. The van der Waals surface area contributed by atoms with Gasteiger partial charge >= 0.3 is 0 Å². The molecule has 2 heterocycles. The van der Waals surface area contributed by atoms with E-state index in [2.05, 4.69) is 10.2 Å². The summed E-state index contributed by atoms with van der Waals surface area (Å²) in [5.41, 5.74) is 6.90. The highest BCUT2D eigenvalue weighted by Gasteiger charge is 2.20. The molecular weight excluding hydrogens is 213 g/mol. The zero-order chi connectivity index (χ0) is 11.1. The van der Waals surface area contributed by atoms with Crippen LogP contribution in [-0.4, -0.2) is 17.0 Å². The van der Waals surface area contributed by atoms with Gasteiger partial charge in [0.15, 0.2) is 11.6 Å². The molecule has 0 amide bonds. The first kappa shape index (κ1) is 9.02. The maximum absolute atomic E-state index is 13.6. The fourth-order valence-electron chi connectivity index (χ4n) is 1.65. The first-order chi connectivity index (χ1) is 7.75. The van der Waals surface area contributed by atoms with Crippen LogP contribution < -0.4 is 15.2 Å². The zero-order valence-electron chi connectivity index (χ0n) is 8.16. The highest BCUT2D eigenvalue weighted by atomic mass is 19.1. The quantitative estimate of drug-likeness (QED) is 0.765. The van der Waals surface area contributed by atoms with Gasteiger partial charge in [-0.05, 0) is 17.7 Å². The van der Waals surface area contributed by atoms with Gasteiger partial charge in [0.25, 0.3) is 0 Å².